The van der Waals surface area contributed by atoms with E-state index in [-0.39, 0.29) is 5.91 Å². The van der Waals surface area contributed by atoms with E-state index in [4.69, 9.17) is 4.42 Å². The van der Waals surface area contributed by atoms with Gasteiger partial charge in [-0.25, -0.2) is 0 Å². The molecule has 1 atom stereocenters. The normalized spacial score (nSPS) is 13.4. The zero-order valence-corrected chi connectivity index (χ0v) is 18.7. The van der Waals surface area contributed by atoms with Crippen LogP contribution >= 0.6 is 11.3 Å². The third-order valence-corrected chi connectivity index (χ3v) is 6.73. The Kier molecular flexibility index (Phi) is 5.55. The minimum Gasteiger partial charge on any atom is -0.460 e. The Morgan fingerprint density at radius 3 is 2.75 bits per heavy atom. The molecule has 3 heterocycles. The van der Waals surface area contributed by atoms with Crippen LogP contribution in [0, 0.1) is 0 Å². The molecule has 0 saturated heterocycles. The molecule has 6 heteroatoms. The number of carbonyl (C=O) groups excluding carboxylic acids is 1. The van der Waals surface area contributed by atoms with E-state index in [1.54, 1.807) is 11.3 Å². The fourth-order valence-corrected chi connectivity index (χ4v) is 4.71. The van der Waals surface area contributed by atoms with Gasteiger partial charge in [-0.1, -0.05) is 42.5 Å². The molecule has 5 rings (SSSR count). The Morgan fingerprint density at radius 1 is 1.06 bits per heavy atom. The highest BCUT2D eigenvalue weighted by Crippen LogP contribution is 2.24. The Hall–Kier alpha value is -3.35. The summed E-state index contributed by atoms with van der Waals surface area (Å²) >= 11 is 1.64. The first kappa shape index (κ1) is 20.5. The molecule has 32 heavy (non-hydrogen) atoms. The van der Waals surface area contributed by atoms with Crippen LogP contribution in [0.4, 0.5) is 0 Å². The standard InChI is InChI=1S/C26H25N3O2S/c1-26(25(30)28-17-21-8-6-12-32-21,14-19-15-27-23-10-4-3-9-22(19)23)29-16-20-13-18-7-2-5-11-24(18)31-20/h2-13,15,27,29H,14,16-17H2,1H3,(H,28,30). The largest absolute Gasteiger partial charge is 0.460 e. The number of thiophene rings is 1. The van der Waals surface area contributed by atoms with Crippen LogP contribution in [0.2, 0.25) is 0 Å². The Bertz CT molecular complexity index is 1320. The number of benzene rings is 2. The number of hydrogen-bond donors (Lipinski definition) is 3. The monoisotopic (exact) mass is 443 g/mol. The zero-order chi connectivity index (χ0) is 22.0. The molecule has 5 nitrogen and oxygen atoms in total. The van der Waals surface area contributed by atoms with Gasteiger partial charge in [0.2, 0.25) is 5.91 Å². The summed E-state index contributed by atoms with van der Waals surface area (Å²) in [6.07, 6.45) is 2.55. The summed E-state index contributed by atoms with van der Waals surface area (Å²) in [5, 5.41) is 10.8. The van der Waals surface area contributed by atoms with Gasteiger partial charge in [0.05, 0.1) is 18.6 Å². The molecular weight excluding hydrogens is 418 g/mol. The zero-order valence-electron chi connectivity index (χ0n) is 17.9. The van der Waals surface area contributed by atoms with E-state index in [9.17, 15) is 4.79 Å². The Labute approximate surface area is 190 Å². The van der Waals surface area contributed by atoms with Crippen molar-refractivity contribution in [2.75, 3.05) is 0 Å². The maximum Gasteiger partial charge on any atom is 0.240 e. The van der Waals surface area contributed by atoms with Crippen LogP contribution in [0.3, 0.4) is 0 Å². The van der Waals surface area contributed by atoms with Gasteiger partial charge in [0.1, 0.15) is 11.3 Å². The van der Waals surface area contributed by atoms with E-state index in [1.807, 2.05) is 73.1 Å². The number of H-pyrrole nitrogens is 1. The first-order chi connectivity index (χ1) is 15.6. The van der Waals surface area contributed by atoms with Gasteiger partial charge in [-0.15, -0.1) is 11.3 Å². The Morgan fingerprint density at radius 2 is 1.91 bits per heavy atom. The number of hydrogen-bond acceptors (Lipinski definition) is 4. The molecule has 5 aromatic rings. The van der Waals surface area contributed by atoms with Crippen molar-refractivity contribution >= 4 is 39.1 Å². The lowest BCUT2D eigenvalue weighted by Gasteiger charge is -2.29. The average molecular weight is 444 g/mol. The first-order valence-electron chi connectivity index (χ1n) is 10.7. The van der Waals surface area contributed by atoms with Gasteiger partial charge < -0.3 is 14.7 Å². The number of furan rings is 1. The quantitative estimate of drug-likeness (QED) is 0.301. The lowest BCUT2D eigenvalue weighted by molar-refractivity contribution is -0.127. The van der Waals surface area contributed by atoms with Crippen molar-refractivity contribution in [2.24, 2.45) is 0 Å². The molecule has 0 aliphatic carbocycles. The molecule has 1 unspecified atom stereocenters. The van der Waals surface area contributed by atoms with Gasteiger partial charge in [0.25, 0.3) is 0 Å². The summed E-state index contributed by atoms with van der Waals surface area (Å²) < 4.78 is 5.97. The molecule has 0 fully saturated rings. The van der Waals surface area contributed by atoms with Crippen molar-refractivity contribution in [3.05, 3.63) is 94.5 Å². The minimum absolute atomic E-state index is 0.0349. The van der Waals surface area contributed by atoms with E-state index in [1.165, 1.54) is 0 Å². The summed E-state index contributed by atoms with van der Waals surface area (Å²) in [5.74, 6) is 0.773. The van der Waals surface area contributed by atoms with Crippen LogP contribution in [0.15, 0.2) is 82.7 Å². The molecule has 2 aromatic carbocycles. The second kappa shape index (κ2) is 8.65. The Balaban J connectivity index is 1.39. The third kappa shape index (κ3) is 4.20. The van der Waals surface area contributed by atoms with Crippen LogP contribution in [0.5, 0.6) is 0 Å². The second-order valence-electron chi connectivity index (χ2n) is 8.23. The molecule has 1 amide bonds. The molecule has 162 valence electrons. The number of amides is 1. The summed E-state index contributed by atoms with van der Waals surface area (Å²) in [7, 11) is 0. The molecule has 0 bridgehead atoms. The number of para-hydroxylation sites is 2. The molecule has 0 aliphatic rings. The van der Waals surface area contributed by atoms with Gasteiger partial charge in [-0.2, -0.15) is 0 Å². The van der Waals surface area contributed by atoms with E-state index < -0.39 is 5.54 Å². The topological polar surface area (TPSA) is 70.1 Å². The molecular formula is C26H25N3O2S. The minimum atomic E-state index is -0.818. The molecule has 0 radical (unpaired) electrons. The van der Waals surface area contributed by atoms with Crippen LogP contribution in [-0.2, 0) is 24.3 Å². The van der Waals surface area contributed by atoms with Crippen molar-refractivity contribution in [1.82, 2.24) is 15.6 Å². The third-order valence-electron chi connectivity index (χ3n) is 5.85. The van der Waals surface area contributed by atoms with Crippen molar-refractivity contribution in [3.8, 4) is 0 Å². The molecule has 0 saturated carbocycles. The number of carbonyl (C=O) groups is 1. The van der Waals surface area contributed by atoms with Crippen LogP contribution < -0.4 is 10.6 Å². The van der Waals surface area contributed by atoms with Gasteiger partial charge in [0, 0.05) is 33.8 Å². The first-order valence-corrected chi connectivity index (χ1v) is 11.6. The molecule has 0 spiro atoms. The second-order valence-corrected chi connectivity index (χ2v) is 9.27. The number of fused-ring (bicyclic) bond motifs is 2. The predicted octanol–water partition coefficient (Wildman–Crippen LogP) is 5.38. The highest BCUT2D eigenvalue weighted by molar-refractivity contribution is 7.09. The van der Waals surface area contributed by atoms with Crippen molar-refractivity contribution < 1.29 is 9.21 Å². The molecule has 3 N–H and O–H groups in total. The lowest BCUT2D eigenvalue weighted by Crippen LogP contribution is -2.55. The van der Waals surface area contributed by atoms with Crippen LogP contribution in [0.1, 0.15) is 23.1 Å². The number of rotatable bonds is 8. The van der Waals surface area contributed by atoms with Crippen molar-refractivity contribution in [3.63, 3.8) is 0 Å². The molecule has 3 aromatic heterocycles. The number of aromatic nitrogens is 1. The maximum absolute atomic E-state index is 13.4. The van der Waals surface area contributed by atoms with Gasteiger partial charge in [0.15, 0.2) is 0 Å². The summed E-state index contributed by atoms with van der Waals surface area (Å²) in [6.45, 7) is 2.94. The fourth-order valence-electron chi connectivity index (χ4n) is 4.06. The van der Waals surface area contributed by atoms with E-state index in [0.717, 1.165) is 38.1 Å². The number of aromatic amines is 1. The van der Waals surface area contributed by atoms with Gasteiger partial charge >= 0.3 is 0 Å². The van der Waals surface area contributed by atoms with E-state index in [2.05, 4.69) is 27.8 Å². The fraction of sp³-hybridized carbons (Fsp3) is 0.192. The van der Waals surface area contributed by atoms with E-state index >= 15 is 0 Å². The summed E-state index contributed by atoms with van der Waals surface area (Å²) in [6, 6.07) is 22.2. The highest BCUT2D eigenvalue weighted by atomic mass is 32.1. The van der Waals surface area contributed by atoms with Crippen molar-refractivity contribution in [2.45, 2.75) is 32.0 Å². The average Bonchev–Trinajstić information content (AvgIpc) is 3.56. The van der Waals surface area contributed by atoms with Crippen molar-refractivity contribution in [1.29, 1.82) is 0 Å². The van der Waals surface area contributed by atoms with Gasteiger partial charge in [-0.3, -0.25) is 10.1 Å². The van der Waals surface area contributed by atoms with Crippen LogP contribution in [-0.4, -0.2) is 16.4 Å². The van der Waals surface area contributed by atoms with Gasteiger partial charge in [-0.05, 0) is 42.1 Å². The van der Waals surface area contributed by atoms with Crippen LogP contribution in [0.25, 0.3) is 21.9 Å². The molecule has 0 aliphatic heterocycles. The SMILES string of the molecule is CC(Cc1c[nH]c2ccccc12)(NCc1cc2ccccc2o1)C(=O)NCc1cccs1. The highest BCUT2D eigenvalue weighted by Gasteiger charge is 2.34. The lowest BCUT2D eigenvalue weighted by atomic mass is 9.91. The summed E-state index contributed by atoms with van der Waals surface area (Å²) in [4.78, 5) is 17.9. The smallest absolute Gasteiger partial charge is 0.240 e. The van der Waals surface area contributed by atoms with E-state index in [0.29, 0.717) is 19.5 Å². The predicted molar refractivity (Wildman–Crippen MR) is 130 cm³/mol. The maximum atomic E-state index is 13.4. The number of nitrogens with one attached hydrogen (secondary N) is 3. The summed E-state index contributed by atoms with van der Waals surface area (Å²) in [5.41, 5.74) is 2.21.